The third-order valence-corrected chi connectivity index (χ3v) is 6.46. The number of sulfonamides is 1. The van der Waals surface area contributed by atoms with Crippen LogP contribution in [0.1, 0.15) is 17.6 Å². The molecular weight excluding hydrogens is 282 g/mol. The minimum atomic E-state index is -3.37. The van der Waals surface area contributed by atoms with Gasteiger partial charge in [0, 0.05) is 24.9 Å². The number of hydrogen-bond donors (Lipinski definition) is 0. The summed E-state index contributed by atoms with van der Waals surface area (Å²) in [5.74, 6) is 0.794. The zero-order valence-electron chi connectivity index (χ0n) is 11.0. The Morgan fingerprint density at radius 3 is 2.68 bits per heavy atom. The van der Waals surface area contributed by atoms with Crippen LogP contribution in [-0.2, 0) is 22.9 Å². The minimum absolute atomic E-state index is 0.409. The smallest absolute Gasteiger partial charge is 0.252 e. The number of likely N-dealkylation sites (N-methyl/N-ethyl adjacent to an activating group) is 1. The van der Waals surface area contributed by atoms with Crippen LogP contribution in [0.25, 0.3) is 0 Å². The van der Waals surface area contributed by atoms with Gasteiger partial charge in [0.25, 0.3) is 10.0 Å². The summed E-state index contributed by atoms with van der Waals surface area (Å²) < 4.78 is 31.6. The quantitative estimate of drug-likeness (QED) is 0.824. The Hall–Kier alpha value is -1.11. The Morgan fingerprint density at radius 2 is 2.11 bits per heavy atom. The fourth-order valence-electron chi connectivity index (χ4n) is 1.68. The van der Waals surface area contributed by atoms with Crippen molar-refractivity contribution in [2.75, 3.05) is 13.6 Å². The van der Waals surface area contributed by atoms with E-state index >= 15 is 0 Å². The van der Waals surface area contributed by atoms with Crippen molar-refractivity contribution in [3.8, 4) is 0 Å². The number of hydrogen-bond acceptors (Lipinski definition) is 4. The molecule has 2 rings (SSSR count). The highest BCUT2D eigenvalue weighted by Crippen LogP contribution is 2.24. The molecule has 0 fully saturated rings. The molecule has 2 aromatic heterocycles. The molecule has 0 spiro atoms. The lowest BCUT2D eigenvalue weighted by atomic mass is 10.3. The summed E-state index contributed by atoms with van der Waals surface area (Å²) in [6.45, 7) is 2.43. The molecular formula is C13H17NO3S2. The summed E-state index contributed by atoms with van der Waals surface area (Å²) >= 11 is 1.34. The van der Waals surface area contributed by atoms with Gasteiger partial charge in [-0.15, -0.1) is 11.3 Å². The van der Waals surface area contributed by atoms with Crippen LogP contribution in [0, 0.1) is 0 Å². The molecule has 0 aromatic carbocycles. The first kappa shape index (κ1) is 14.3. The van der Waals surface area contributed by atoms with Crippen LogP contribution >= 0.6 is 11.3 Å². The summed E-state index contributed by atoms with van der Waals surface area (Å²) in [7, 11) is -1.77. The number of aryl methyl sites for hydroxylation is 1. The minimum Gasteiger partial charge on any atom is -0.469 e. The van der Waals surface area contributed by atoms with Gasteiger partial charge >= 0.3 is 0 Å². The first-order valence-corrected chi connectivity index (χ1v) is 8.37. The van der Waals surface area contributed by atoms with Crippen LogP contribution in [0.5, 0.6) is 0 Å². The van der Waals surface area contributed by atoms with Crippen molar-refractivity contribution in [3.63, 3.8) is 0 Å². The van der Waals surface area contributed by atoms with E-state index in [9.17, 15) is 8.42 Å². The molecule has 0 bridgehead atoms. The number of furan rings is 1. The van der Waals surface area contributed by atoms with E-state index < -0.39 is 10.0 Å². The molecule has 0 radical (unpaired) electrons. The second-order valence-corrected chi connectivity index (χ2v) is 7.67. The summed E-state index contributed by atoms with van der Waals surface area (Å²) in [6.07, 6.45) is 3.03. The van der Waals surface area contributed by atoms with Gasteiger partial charge in [0.1, 0.15) is 9.97 Å². The Bertz CT molecular complexity index is 614. The maximum atomic E-state index is 12.3. The number of nitrogens with zero attached hydrogens (tertiary/aromatic N) is 1. The molecule has 4 nitrogen and oxygen atoms in total. The lowest BCUT2D eigenvalue weighted by Crippen LogP contribution is -2.28. The summed E-state index contributed by atoms with van der Waals surface area (Å²) in [6, 6.07) is 7.21. The Balaban J connectivity index is 2.06. The van der Waals surface area contributed by atoms with Gasteiger partial charge in [-0.25, -0.2) is 8.42 Å². The second-order valence-electron chi connectivity index (χ2n) is 4.23. The molecule has 0 saturated carbocycles. The fourth-order valence-corrected chi connectivity index (χ4v) is 4.36. The van der Waals surface area contributed by atoms with Crippen LogP contribution in [0.4, 0.5) is 0 Å². The molecule has 0 unspecified atom stereocenters. The molecule has 0 aliphatic heterocycles. The van der Waals surface area contributed by atoms with Gasteiger partial charge in [-0.05, 0) is 30.7 Å². The molecule has 0 amide bonds. The van der Waals surface area contributed by atoms with Crippen LogP contribution in [0.15, 0.2) is 39.2 Å². The van der Waals surface area contributed by atoms with Crippen LogP contribution in [0.2, 0.25) is 0 Å². The van der Waals surface area contributed by atoms with Crippen LogP contribution < -0.4 is 0 Å². The monoisotopic (exact) mass is 299 g/mol. The van der Waals surface area contributed by atoms with E-state index in [1.807, 2.05) is 19.1 Å². The van der Waals surface area contributed by atoms with Gasteiger partial charge in [0.15, 0.2) is 0 Å². The van der Waals surface area contributed by atoms with Crippen molar-refractivity contribution in [1.82, 2.24) is 4.31 Å². The molecule has 0 saturated heterocycles. The van der Waals surface area contributed by atoms with Crippen LogP contribution in [-0.4, -0.2) is 26.3 Å². The van der Waals surface area contributed by atoms with E-state index in [1.165, 1.54) is 15.6 Å². The van der Waals surface area contributed by atoms with E-state index in [1.54, 1.807) is 25.4 Å². The van der Waals surface area contributed by atoms with E-state index in [0.29, 0.717) is 17.2 Å². The maximum Gasteiger partial charge on any atom is 0.252 e. The Morgan fingerprint density at radius 1 is 1.32 bits per heavy atom. The van der Waals surface area contributed by atoms with E-state index in [-0.39, 0.29) is 0 Å². The lowest BCUT2D eigenvalue weighted by molar-refractivity contribution is 0.442. The zero-order valence-corrected chi connectivity index (χ0v) is 12.6. The first-order chi connectivity index (χ1) is 9.04. The van der Waals surface area contributed by atoms with Gasteiger partial charge < -0.3 is 4.42 Å². The maximum absolute atomic E-state index is 12.3. The Labute approximate surface area is 117 Å². The third-order valence-electron chi connectivity index (χ3n) is 2.90. The molecule has 104 valence electrons. The lowest BCUT2D eigenvalue weighted by Gasteiger charge is -2.15. The van der Waals surface area contributed by atoms with Gasteiger partial charge in [0.2, 0.25) is 0 Å². The molecule has 19 heavy (non-hydrogen) atoms. The SMILES string of the molecule is CCc1ccc(S(=O)(=O)N(C)CCc2ccco2)s1. The molecule has 0 atom stereocenters. The molecule has 0 aliphatic carbocycles. The highest BCUT2D eigenvalue weighted by atomic mass is 32.2. The van der Waals surface area contributed by atoms with Crippen LogP contribution in [0.3, 0.4) is 0 Å². The number of rotatable bonds is 6. The van der Waals surface area contributed by atoms with Crippen molar-refractivity contribution in [1.29, 1.82) is 0 Å². The largest absolute Gasteiger partial charge is 0.469 e. The average Bonchev–Trinajstić information content (AvgIpc) is 3.06. The van der Waals surface area contributed by atoms with Gasteiger partial charge in [0.05, 0.1) is 6.26 Å². The Kier molecular flexibility index (Phi) is 4.44. The van der Waals surface area contributed by atoms with E-state index in [4.69, 9.17) is 4.42 Å². The predicted molar refractivity (Wildman–Crippen MR) is 75.9 cm³/mol. The predicted octanol–water partition coefficient (Wildman–Crippen LogP) is 2.77. The zero-order chi connectivity index (χ0) is 13.9. The van der Waals surface area contributed by atoms with Crippen molar-refractivity contribution in [3.05, 3.63) is 41.2 Å². The molecule has 6 heteroatoms. The third kappa shape index (κ3) is 3.26. The second kappa shape index (κ2) is 5.90. The normalized spacial score (nSPS) is 12.2. The topological polar surface area (TPSA) is 50.5 Å². The van der Waals surface area contributed by atoms with Gasteiger partial charge in [-0.1, -0.05) is 6.92 Å². The van der Waals surface area contributed by atoms with Gasteiger partial charge in [-0.3, -0.25) is 0 Å². The first-order valence-electron chi connectivity index (χ1n) is 6.11. The molecule has 2 aromatic rings. The summed E-state index contributed by atoms with van der Waals surface area (Å²) in [4.78, 5) is 1.08. The van der Waals surface area contributed by atoms with Crippen molar-refractivity contribution in [2.24, 2.45) is 0 Å². The van der Waals surface area contributed by atoms with E-state index in [2.05, 4.69) is 0 Å². The fraction of sp³-hybridized carbons (Fsp3) is 0.385. The highest BCUT2D eigenvalue weighted by Gasteiger charge is 2.22. The molecule has 2 heterocycles. The highest BCUT2D eigenvalue weighted by molar-refractivity contribution is 7.91. The summed E-state index contributed by atoms with van der Waals surface area (Å²) in [5, 5.41) is 0. The molecule has 0 aliphatic rings. The standard InChI is InChI=1S/C13H17NO3S2/c1-3-12-6-7-13(18-12)19(15,16)14(2)9-8-11-5-4-10-17-11/h4-7,10H,3,8-9H2,1-2H3. The van der Waals surface area contributed by atoms with Crippen molar-refractivity contribution < 1.29 is 12.8 Å². The van der Waals surface area contributed by atoms with E-state index in [0.717, 1.165) is 17.1 Å². The number of thiophene rings is 1. The van der Waals surface area contributed by atoms with Crippen molar-refractivity contribution >= 4 is 21.4 Å². The van der Waals surface area contributed by atoms with Crippen molar-refractivity contribution in [2.45, 2.75) is 24.0 Å². The average molecular weight is 299 g/mol. The summed E-state index contributed by atoms with van der Waals surface area (Å²) in [5.41, 5.74) is 0. The van der Waals surface area contributed by atoms with Gasteiger partial charge in [-0.2, -0.15) is 4.31 Å². The molecule has 0 N–H and O–H groups in total.